The van der Waals surface area contributed by atoms with E-state index in [9.17, 15) is 14.4 Å². The largest absolute Gasteiger partial charge is 0.456 e. The summed E-state index contributed by atoms with van der Waals surface area (Å²) in [6.45, 7) is 5.91. The van der Waals surface area contributed by atoms with Crippen molar-refractivity contribution in [2.45, 2.75) is 39.8 Å². The second-order valence-electron chi connectivity index (χ2n) is 7.82. The fourth-order valence-corrected chi connectivity index (χ4v) is 3.18. The van der Waals surface area contributed by atoms with E-state index >= 15 is 0 Å². The van der Waals surface area contributed by atoms with E-state index in [1.807, 2.05) is 20.8 Å². The molecule has 0 unspecified atom stereocenters. The van der Waals surface area contributed by atoms with Gasteiger partial charge in [0, 0.05) is 26.2 Å². The standard InChI is InChI=1S/C24H28N4O5/c1-5-16-6-7-19(32-16)22(29)27-13-15-10-11-26-17(12-15)18-8-9-20(33-18)23(30)28-21(14(2)3)24(31)25-4/h6-12,14,21H,5,13H2,1-4H3,(H,25,31)(H,27,29)(H,28,30)/t21-/m0/s1. The summed E-state index contributed by atoms with van der Waals surface area (Å²) < 4.78 is 11.1. The van der Waals surface area contributed by atoms with Crippen LogP contribution in [-0.2, 0) is 17.8 Å². The summed E-state index contributed by atoms with van der Waals surface area (Å²) >= 11 is 0. The third-order valence-electron chi connectivity index (χ3n) is 5.08. The molecular formula is C24H28N4O5. The highest BCUT2D eigenvalue weighted by Crippen LogP contribution is 2.21. The highest BCUT2D eigenvalue weighted by atomic mass is 16.4. The van der Waals surface area contributed by atoms with Gasteiger partial charge in [0.2, 0.25) is 5.91 Å². The van der Waals surface area contributed by atoms with Crippen molar-refractivity contribution < 1.29 is 23.2 Å². The van der Waals surface area contributed by atoms with Gasteiger partial charge >= 0.3 is 0 Å². The maximum atomic E-state index is 12.6. The van der Waals surface area contributed by atoms with Crippen LogP contribution in [0.1, 0.15) is 53.2 Å². The van der Waals surface area contributed by atoms with Crippen molar-refractivity contribution in [2.75, 3.05) is 7.05 Å². The van der Waals surface area contributed by atoms with E-state index in [1.165, 1.54) is 13.1 Å². The lowest BCUT2D eigenvalue weighted by molar-refractivity contribution is -0.123. The molecule has 0 saturated heterocycles. The number of nitrogens with zero attached hydrogens (tertiary/aromatic N) is 1. The van der Waals surface area contributed by atoms with E-state index in [4.69, 9.17) is 8.83 Å². The van der Waals surface area contributed by atoms with Gasteiger partial charge in [-0.15, -0.1) is 0 Å². The monoisotopic (exact) mass is 452 g/mol. The molecule has 0 aliphatic rings. The Morgan fingerprint density at radius 2 is 1.73 bits per heavy atom. The number of amides is 3. The molecule has 0 fully saturated rings. The van der Waals surface area contributed by atoms with E-state index in [2.05, 4.69) is 20.9 Å². The van der Waals surface area contributed by atoms with Crippen LogP contribution >= 0.6 is 0 Å². The molecule has 0 spiro atoms. The molecule has 0 aliphatic carbocycles. The molecule has 0 aromatic carbocycles. The zero-order valence-corrected chi connectivity index (χ0v) is 19.1. The molecule has 1 atom stereocenters. The lowest BCUT2D eigenvalue weighted by atomic mass is 10.0. The van der Waals surface area contributed by atoms with E-state index in [1.54, 1.807) is 36.5 Å². The summed E-state index contributed by atoms with van der Waals surface area (Å²) in [4.78, 5) is 41.1. The van der Waals surface area contributed by atoms with Crippen molar-refractivity contribution in [1.82, 2.24) is 20.9 Å². The molecule has 174 valence electrons. The first-order valence-electron chi connectivity index (χ1n) is 10.8. The van der Waals surface area contributed by atoms with Gasteiger partial charge in [-0.25, -0.2) is 0 Å². The number of likely N-dealkylation sites (N-methyl/N-ethyl adjacent to an activating group) is 1. The summed E-state index contributed by atoms with van der Waals surface area (Å²) in [5.74, 6) is 0.322. The summed E-state index contributed by atoms with van der Waals surface area (Å²) in [6.07, 6.45) is 2.32. The molecule has 3 rings (SSSR count). The Balaban J connectivity index is 1.66. The topological polar surface area (TPSA) is 126 Å². The van der Waals surface area contributed by atoms with Gasteiger partial charge in [-0.1, -0.05) is 20.8 Å². The van der Waals surface area contributed by atoms with E-state index < -0.39 is 11.9 Å². The Bertz CT molecular complexity index is 1130. The molecule has 0 bridgehead atoms. The molecule has 0 saturated carbocycles. The van der Waals surface area contributed by atoms with Crippen molar-refractivity contribution in [1.29, 1.82) is 0 Å². The molecule has 3 heterocycles. The Morgan fingerprint density at radius 1 is 1.00 bits per heavy atom. The van der Waals surface area contributed by atoms with E-state index in [-0.39, 0.29) is 35.8 Å². The Morgan fingerprint density at radius 3 is 2.39 bits per heavy atom. The van der Waals surface area contributed by atoms with Crippen LogP contribution in [0.25, 0.3) is 11.5 Å². The number of nitrogens with one attached hydrogen (secondary N) is 3. The Hall–Kier alpha value is -3.88. The SMILES string of the molecule is CCc1ccc(C(=O)NCc2ccnc(-c3ccc(C(=O)N[C@H](C(=O)NC)C(C)C)o3)c2)o1. The van der Waals surface area contributed by atoms with Crippen molar-refractivity contribution in [3.63, 3.8) is 0 Å². The minimum absolute atomic E-state index is 0.0737. The number of aromatic nitrogens is 1. The lowest BCUT2D eigenvalue weighted by Crippen LogP contribution is -2.48. The predicted octanol–water partition coefficient (Wildman–Crippen LogP) is 2.93. The van der Waals surface area contributed by atoms with Crippen LogP contribution in [0.3, 0.4) is 0 Å². The fourth-order valence-electron chi connectivity index (χ4n) is 3.18. The quantitative estimate of drug-likeness (QED) is 0.458. The molecule has 3 aromatic heterocycles. The first kappa shape index (κ1) is 23.8. The minimum atomic E-state index is -0.677. The number of furan rings is 2. The summed E-state index contributed by atoms with van der Waals surface area (Å²) in [6, 6.07) is 9.46. The molecular weight excluding hydrogens is 424 g/mol. The van der Waals surface area contributed by atoms with Crippen molar-refractivity contribution >= 4 is 17.7 Å². The molecule has 3 aromatic rings. The van der Waals surface area contributed by atoms with Gasteiger partial charge in [-0.05, 0) is 47.9 Å². The summed E-state index contributed by atoms with van der Waals surface area (Å²) in [5.41, 5.74) is 1.32. The fraction of sp³-hybridized carbons (Fsp3) is 0.333. The molecule has 0 aliphatic heterocycles. The van der Waals surface area contributed by atoms with E-state index in [0.717, 1.165) is 11.3 Å². The Kier molecular flexibility index (Phi) is 7.66. The van der Waals surface area contributed by atoms with Gasteiger partial charge in [-0.3, -0.25) is 19.4 Å². The Labute approximate surface area is 192 Å². The molecule has 9 nitrogen and oxygen atoms in total. The van der Waals surface area contributed by atoms with Crippen molar-refractivity contribution in [3.8, 4) is 11.5 Å². The second kappa shape index (κ2) is 10.6. The predicted molar refractivity (Wildman–Crippen MR) is 121 cm³/mol. The highest BCUT2D eigenvalue weighted by molar-refractivity contribution is 5.96. The van der Waals surface area contributed by atoms with Crippen LogP contribution < -0.4 is 16.0 Å². The van der Waals surface area contributed by atoms with Gasteiger partial charge < -0.3 is 24.8 Å². The third-order valence-corrected chi connectivity index (χ3v) is 5.08. The van der Waals surface area contributed by atoms with Crippen LogP contribution in [0, 0.1) is 5.92 Å². The van der Waals surface area contributed by atoms with Gasteiger partial charge in [0.05, 0.1) is 0 Å². The molecule has 9 heteroatoms. The number of carbonyl (C=O) groups excluding carboxylic acids is 3. The smallest absolute Gasteiger partial charge is 0.287 e. The normalized spacial score (nSPS) is 11.8. The van der Waals surface area contributed by atoms with Crippen molar-refractivity contribution in [2.24, 2.45) is 5.92 Å². The summed E-state index contributed by atoms with van der Waals surface area (Å²) in [7, 11) is 1.52. The maximum absolute atomic E-state index is 12.6. The number of pyridine rings is 1. The van der Waals surface area contributed by atoms with E-state index in [0.29, 0.717) is 17.9 Å². The number of hydrogen-bond donors (Lipinski definition) is 3. The molecule has 3 N–H and O–H groups in total. The lowest BCUT2D eigenvalue weighted by Gasteiger charge is -2.19. The second-order valence-corrected chi connectivity index (χ2v) is 7.82. The average molecular weight is 453 g/mol. The number of hydrogen-bond acceptors (Lipinski definition) is 6. The molecule has 0 radical (unpaired) electrons. The number of carbonyl (C=O) groups is 3. The van der Waals surface area contributed by atoms with Crippen LogP contribution in [0.4, 0.5) is 0 Å². The third kappa shape index (κ3) is 5.88. The average Bonchev–Trinajstić information content (AvgIpc) is 3.50. The van der Waals surface area contributed by atoms with Gasteiger partial charge in [0.25, 0.3) is 11.8 Å². The van der Waals surface area contributed by atoms with Crippen molar-refractivity contribution in [3.05, 3.63) is 65.4 Å². The van der Waals surface area contributed by atoms with Gasteiger partial charge in [0.1, 0.15) is 17.5 Å². The molecule has 33 heavy (non-hydrogen) atoms. The van der Waals surface area contributed by atoms with Gasteiger partial charge in [0.15, 0.2) is 17.3 Å². The zero-order valence-electron chi connectivity index (χ0n) is 19.1. The zero-order chi connectivity index (χ0) is 24.0. The maximum Gasteiger partial charge on any atom is 0.287 e. The first-order valence-corrected chi connectivity index (χ1v) is 10.8. The number of aryl methyl sites for hydroxylation is 1. The molecule has 3 amide bonds. The minimum Gasteiger partial charge on any atom is -0.456 e. The highest BCUT2D eigenvalue weighted by Gasteiger charge is 2.25. The van der Waals surface area contributed by atoms with Crippen LogP contribution in [0.15, 0.2) is 51.4 Å². The van der Waals surface area contributed by atoms with Crippen LogP contribution in [-0.4, -0.2) is 35.8 Å². The summed E-state index contributed by atoms with van der Waals surface area (Å²) in [5, 5.41) is 8.05. The first-order chi connectivity index (χ1) is 15.8. The van der Waals surface area contributed by atoms with Crippen LogP contribution in [0.2, 0.25) is 0 Å². The number of rotatable bonds is 9. The van der Waals surface area contributed by atoms with Gasteiger partial charge in [-0.2, -0.15) is 0 Å². The van der Waals surface area contributed by atoms with Crippen LogP contribution in [0.5, 0.6) is 0 Å².